The lowest BCUT2D eigenvalue weighted by molar-refractivity contribution is 0.00199. The van der Waals surface area contributed by atoms with E-state index < -0.39 is 34.7 Å². The molecule has 0 saturated heterocycles. The molecule has 0 radical (unpaired) electrons. The van der Waals surface area contributed by atoms with Gasteiger partial charge in [-0.2, -0.15) is 0 Å². The van der Waals surface area contributed by atoms with Crippen molar-refractivity contribution in [3.05, 3.63) is 65.2 Å². The first-order chi connectivity index (χ1) is 12.7. The van der Waals surface area contributed by atoms with Crippen molar-refractivity contribution in [3.63, 3.8) is 0 Å². The SMILES string of the molecule is CC(C)(C)O/N=C/c1cccc(NC(=O)NC(=O)c2c(F)cccc2F)c1. The van der Waals surface area contributed by atoms with E-state index in [1.165, 1.54) is 6.21 Å². The monoisotopic (exact) mass is 375 g/mol. The zero-order chi connectivity index (χ0) is 20.0. The lowest BCUT2D eigenvalue weighted by Crippen LogP contribution is -2.35. The highest BCUT2D eigenvalue weighted by Crippen LogP contribution is 2.13. The van der Waals surface area contributed by atoms with Gasteiger partial charge in [-0.15, -0.1) is 0 Å². The topological polar surface area (TPSA) is 79.8 Å². The van der Waals surface area contributed by atoms with Gasteiger partial charge in [0.15, 0.2) is 0 Å². The fourth-order valence-corrected chi connectivity index (χ4v) is 1.98. The first-order valence-corrected chi connectivity index (χ1v) is 8.04. The van der Waals surface area contributed by atoms with Gasteiger partial charge in [-0.25, -0.2) is 13.6 Å². The molecule has 2 N–H and O–H groups in total. The van der Waals surface area contributed by atoms with E-state index in [4.69, 9.17) is 4.84 Å². The smallest absolute Gasteiger partial charge is 0.326 e. The molecular formula is C19H19F2N3O3. The van der Waals surface area contributed by atoms with Crippen molar-refractivity contribution in [3.8, 4) is 0 Å². The minimum Gasteiger partial charge on any atom is -0.390 e. The van der Waals surface area contributed by atoms with Crippen LogP contribution in [0.1, 0.15) is 36.7 Å². The number of nitrogens with zero attached hydrogens (tertiary/aromatic N) is 1. The Balaban J connectivity index is 2.02. The zero-order valence-electron chi connectivity index (χ0n) is 15.0. The number of urea groups is 1. The second-order valence-electron chi connectivity index (χ2n) is 6.57. The number of benzene rings is 2. The molecule has 0 atom stereocenters. The van der Waals surface area contributed by atoms with Gasteiger partial charge in [-0.1, -0.05) is 23.4 Å². The molecule has 0 fully saturated rings. The Kier molecular flexibility index (Phi) is 6.23. The summed E-state index contributed by atoms with van der Waals surface area (Å²) in [6.45, 7) is 5.55. The molecule has 0 unspecified atom stereocenters. The van der Waals surface area contributed by atoms with E-state index in [-0.39, 0.29) is 0 Å². The molecule has 0 bridgehead atoms. The first kappa shape index (κ1) is 20.0. The summed E-state index contributed by atoms with van der Waals surface area (Å²) >= 11 is 0. The number of hydrogen-bond acceptors (Lipinski definition) is 4. The van der Waals surface area contributed by atoms with Gasteiger partial charge in [0, 0.05) is 5.69 Å². The van der Waals surface area contributed by atoms with Crippen molar-refractivity contribution >= 4 is 23.8 Å². The molecule has 6 nitrogen and oxygen atoms in total. The highest BCUT2D eigenvalue weighted by molar-refractivity contribution is 6.08. The van der Waals surface area contributed by atoms with Crippen molar-refractivity contribution in [1.29, 1.82) is 0 Å². The van der Waals surface area contributed by atoms with Gasteiger partial charge >= 0.3 is 6.03 Å². The predicted octanol–water partition coefficient (Wildman–Crippen LogP) is 4.08. The van der Waals surface area contributed by atoms with E-state index in [0.29, 0.717) is 11.3 Å². The van der Waals surface area contributed by atoms with Crippen LogP contribution in [-0.4, -0.2) is 23.8 Å². The largest absolute Gasteiger partial charge is 0.390 e. The fraction of sp³-hybridized carbons (Fsp3) is 0.211. The van der Waals surface area contributed by atoms with Crippen LogP contribution in [0, 0.1) is 11.6 Å². The van der Waals surface area contributed by atoms with Crippen LogP contribution in [0.15, 0.2) is 47.6 Å². The number of anilines is 1. The van der Waals surface area contributed by atoms with Gasteiger partial charge in [-0.3, -0.25) is 10.1 Å². The maximum atomic E-state index is 13.6. The Labute approximate surface area is 155 Å². The molecule has 8 heteroatoms. The van der Waals surface area contributed by atoms with Gasteiger partial charge in [-0.05, 0) is 50.6 Å². The minimum atomic E-state index is -1.18. The standard InChI is InChI=1S/C19H19F2N3O3/c1-19(2,3)27-22-11-12-6-4-7-13(10-12)23-18(26)24-17(25)16-14(20)8-5-9-15(16)21/h4-11H,1-3H3,(H2,23,24,25,26)/b22-11+. The number of amides is 3. The van der Waals surface area contributed by atoms with Crippen molar-refractivity contribution in [2.75, 3.05) is 5.32 Å². The van der Waals surface area contributed by atoms with E-state index in [1.807, 2.05) is 26.1 Å². The summed E-state index contributed by atoms with van der Waals surface area (Å²) in [5.41, 5.74) is -0.264. The molecule has 0 spiro atoms. The van der Waals surface area contributed by atoms with Crippen LogP contribution >= 0.6 is 0 Å². The van der Waals surface area contributed by atoms with Crippen molar-refractivity contribution < 1.29 is 23.2 Å². The summed E-state index contributed by atoms with van der Waals surface area (Å²) in [4.78, 5) is 29.1. The van der Waals surface area contributed by atoms with Gasteiger partial charge in [0.05, 0.1) is 6.21 Å². The lowest BCUT2D eigenvalue weighted by atomic mass is 10.2. The zero-order valence-corrected chi connectivity index (χ0v) is 15.0. The number of nitrogens with one attached hydrogen (secondary N) is 2. The average molecular weight is 375 g/mol. The maximum Gasteiger partial charge on any atom is 0.326 e. The molecule has 2 rings (SSSR count). The Hall–Kier alpha value is -3.29. The van der Waals surface area contributed by atoms with Crippen molar-refractivity contribution in [2.24, 2.45) is 5.16 Å². The molecule has 0 aliphatic rings. The summed E-state index contributed by atoms with van der Waals surface area (Å²) in [5, 5.41) is 8.14. The number of rotatable bonds is 4. The number of hydrogen-bond donors (Lipinski definition) is 2. The molecule has 0 aliphatic carbocycles. The molecule has 0 aliphatic heterocycles. The van der Waals surface area contributed by atoms with Gasteiger partial charge in [0.25, 0.3) is 5.91 Å². The van der Waals surface area contributed by atoms with Crippen LogP contribution in [-0.2, 0) is 4.84 Å². The summed E-state index contributed by atoms with van der Waals surface area (Å²) in [6, 6.07) is 8.61. The van der Waals surface area contributed by atoms with Gasteiger partial charge in [0.2, 0.25) is 0 Å². The van der Waals surface area contributed by atoms with Crippen LogP contribution in [0.3, 0.4) is 0 Å². The molecule has 2 aromatic rings. The van der Waals surface area contributed by atoms with Crippen LogP contribution in [0.25, 0.3) is 0 Å². The molecule has 3 amide bonds. The number of carbonyl (C=O) groups excluding carboxylic acids is 2. The molecular weight excluding hydrogens is 356 g/mol. The Morgan fingerprint density at radius 2 is 1.70 bits per heavy atom. The second-order valence-corrected chi connectivity index (χ2v) is 6.57. The summed E-state index contributed by atoms with van der Waals surface area (Å²) in [5.74, 6) is -3.30. The highest BCUT2D eigenvalue weighted by Gasteiger charge is 2.19. The predicted molar refractivity (Wildman–Crippen MR) is 97.7 cm³/mol. The quantitative estimate of drug-likeness (QED) is 0.624. The summed E-state index contributed by atoms with van der Waals surface area (Å²) < 4.78 is 27.1. The number of oxime groups is 1. The van der Waals surface area contributed by atoms with E-state index in [2.05, 4.69) is 10.5 Å². The molecule has 27 heavy (non-hydrogen) atoms. The Bertz CT molecular complexity index is 856. The van der Waals surface area contributed by atoms with E-state index >= 15 is 0 Å². The number of imide groups is 1. The van der Waals surface area contributed by atoms with Crippen LogP contribution in [0.4, 0.5) is 19.3 Å². The summed E-state index contributed by atoms with van der Waals surface area (Å²) in [7, 11) is 0. The average Bonchev–Trinajstić information content (AvgIpc) is 2.53. The van der Waals surface area contributed by atoms with Crippen LogP contribution in [0.2, 0.25) is 0 Å². The summed E-state index contributed by atoms with van der Waals surface area (Å²) in [6.07, 6.45) is 1.47. The maximum absolute atomic E-state index is 13.6. The number of halogens is 2. The van der Waals surface area contributed by atoms with E-state index in [1.54, 1.807) is 24.3 Å². The molecule has 0 heterocycles. The third-order valence-electron chi connectivity index (χ3n) is 3.09. The fourth-order valence-electron chi connectivity index (χ4n) is 1.98. The minimum absolute atomic E-state index is 0.356. The van der Waals surface area contributed by atoms with Gasteiger partial charge in [0.1, 0.15) is 22.8 Å². The third-order valence-corrected chi connectivity index (χ3v) is 3.09. The van der Waals surface area contributed by atoms with Crippen LogP contribution in [0.5, 0.6) is 0 Å². The van der Waals surface area contributed by atoms with E-state index in [0.717, 1.165) is 18.2 Å². The van der Waals surface area contributed by atoms with Gasteiger partial charge < -0.3 is 10.2 Å². The van der Waals surface area contributed by atoms with Crippen molar-refractivity contribution in [1.82, 2.24) is 5.32 Å². The normalized spacial score (nSPS) is 11.3. The Morgan fingerprint density at radius 3 is 2.33 bits per heavy atom. The van der Waals surface area contributed by atoms with Crippen molar-refractivity contribution in [2.45, 2.75) is 26.4 Å². The molecule has 0 saturated carbocycles. The van der Waals surface area contributed by atoms with E-state index in [9.17, 15) is 18.4 Å². The molecule has 142 valence electrons. The third kappa shape index (κ3) is 6.18. The molecule has 0 aromatic heterocycles. The highest BCUT2D eigenvalue weighted by atomic mass is 19.1. The number of carbonyl (C=O) groups is 2. The molecule has 2 aromatic carbocycles. The second kappa shape index (κ2) is 8.39. The lowest BCUT2D eigenvalue weighted by Gasteiger charge is -2.14. The first-order valence-electron chi connectivity index (χ1n) is 8.04. The van der Waals surface area contributed by atoms with Crippen LogP contribution < -0.4 is 10.6 Å². The Morgan fingerprint density at radius 1 is 1.07 bits per heavy atom.